The molecule has 1 aliphatic rings. The number of aryl methyl sites for hydroxylation is 1. The Morgan fingerprint density at radius 2 is 1.88 bits per heavy atom. The zero-order valence-corrected chi connectivity index (χ0v) is 14.8. The minimum absolute atomic E-state index is 0.0511. The molecule has 0 spiro atoms. The molecule has 1 fully saturated rings. The molecular formula is C18H28N3O3+. The smallest absolute Gasteiger partial charge is 0.410 e. The van der Waals surface area contributed by atoms with Gasteiger partial charge in [0.2, 0.25) is 0 Å². The molecule has 2 N–H and O–H groups in total. The normalized spacial score (nSPS) is 16.5. The molecule has 1 atom stereocenters. The standard InChI is InChI=1S/C18H27N3O3/c1-4-24-18(23)21-11-9-20(10-12-21)15(3)17(22)19-13-16-7-5-14(2)6-8-16/h5-8,15H,4,9-13H2,1-3H3,(H,19,22)/p+1/t15-/m1/s1. The fraction of sp³-hybridized carbons (Fsp3) is 0.556. The minimum Gasteiger partial charge on any atom is -0.450 e. The maximum Gasteiger partial charge on any atom is 0.410 e. The van der Waals surface area contributed by atoms with Gasteiger partial charge in [0.1, 0.15) is 0 Å². The van der Waals surface area contributed by atoms with Gasteiger partial charge in [-0.1, -0.05) is 29.8 Å². The van der Waals surface area contributed by atoms with Gasteiger partial charge in [-0.15, -0.1) is 0 Å². The van der Waals surface area contributed by atoms with Crippen LogP contribution in [0.5, 0.6) is 0 Å². The number of hydrogen-bond acceptors (Lipinski definition) is 3. The lowest BCUT2D eigenvalue weighted by Crippen LogP contribution is -3.19. The molecule has 0 aliphatic carbocycles. The summed E-state index contributed by atoms with van der Waals surface area (Å²) in [6.45, 7) is 9.52. The fourth-order valence-electron chi connectivity index (χ4n) is 2.86. The van der Waals surface area contributed by atoms with Crippen molar-refractivity contribution in [2.75, 3.05) is 32.8 Å². The third kappa shape index (κ3) is 4.96. The summed E-state index contributed by atoms with van der Waals surface area (Å²) in [5.41, 5.74) is 2.31. The molecule has 24 heavy (non-hydrogen) atoms. The van der Waals surface area contributed by atoms with Gasteiger partial charge in [0.15, 0.2) is 6.04 Å². The van der Waals surface area contributed by atoms with E-state index in [0.29, 0.717) is 26.2 Å². The van der Waals surface area contributed by atoms with E-state index in [9.17, 15) is 9.59 Å². The topological polar surface area (TPSA) is 63.1 Å². The van der Waals surface area contributed by atoms with E-state index in [1.54, 1.807) is 11.8 Å². The summed E-state index contributed by atoms with van der Waals surface area (Å²) >= 11 is 0. The molecule has 132 valence electrons. The van der Waals surface area contributed by atoms with Gasteiger partial charge in [-0.25, -0.2) is 4.79 Å². The van der Waals surface area contributed by atoms with E-state index < -0.39 is 0 Å². The van der Waals surface area contributed by atoms with Gasteiger partial charge in [-0.3, -0.25) is 9.69 Å². The highest BCUT2D eigenvalue weighted by atomic mass is 16.6. The second-order valence-electron chi connectivity index (χ2n) is 6.27. The number of carbonyl (C=O) groups excluding carboxylic acids is 2. The van der Waals surface area contributed by atoms with Crippen LogP contribution in [0.25, 0.3) is 0 Å². The summed E-state index contributed by atoms with van der Waals surface area (Å²) in [4.78, 5) is 27.0. The van der Waals surface area contributed by atoms with Gasteiger partial charge in [-0.2, -0.15) is 0 Å². The van der Waals surface area contributed by atoms with Crippen LogP contribution in [-0.4, -0.2) is 55.7 Å². The largest absolute Gasteiger partial charge is 0.450 e. The number of hydrogen-bond donors (Lipinski definition) is 2. The Morgan fingerprint density at radius 3 is 2.46 bits per heavy atom. The highest BCUT2D eigenvalue weighted by molar-refractivity contribution is 5.79. The average molecular weight is 334 g/mol. The number of nitrogens with one attached hydrogen (secondary N) is 2. The summed E-state index contributed by atoms with van der Waals surface area (Å²) in [7, 11) is 0. The van der Waals surface area contributed by atoms with Gasteiger partial charge in [0.05, 0.1) is 32.8 Å². The van der Waals surface area contributed by atoms with Crippen LogP contribution < -0.4 is 10.2 Å². The molecule has 2 amide bonds. The van der Waals surface area contributed by atoms with Gasteiger partial charge < -0.3 is 15.0 Å². The van der Waals surface area contributed by atoms with E-state index in [0.717, 1.165) is 18.7 Å². The molecule has 6 nitrogen and oxygen atoms in total. The van der Waals surface area contributed by atoms with Gasteiger partial charge in [0, 0.05) is 6.54 Å². The van der Waals surface area contributed by atoms with Crippen LogP contribution in [0.15, 0.2) is 24.3 Å². The molecule has 1 saturated heterocycles. The van der Waals surface area contributed by atoms with Crippen molar-refractivity contribution in [2.24, 2.45) is 0 Å². The number of quaternary nitrogens is 1. The number of amides is 2. The quantitative estimate of drug-likeness (QED) is 0.817. The number of carbonyl (C=O) groups is 2. The predicted octanol–water partition coefficient (Wildman–Crippen LogP) is 0.357. The lowest BCUT2D eigenvalue weighted by Gasteiger charge is -2.34. The summed E-state index contributed by atoms with van der Waals surface area (Å²) in [6.07, 6.45) is -0.256. The van der Waals surface area contributed by atoms with Crippen LogP contribution >= 0.6 is 0 Å². The highest BCUT2D eigenvalue weighted by Crippen LogP contribution is 2.02. The van der Waals surface area contributed by atoms with Crippen molar-refractivity contribution in [3.8, 4) is 0 Å². The third-order valence-corrected chi connectivity index (χ3v) is 4.52. The zero-order valence-electron chi connectivity index (χ0n) is 14.8. The monoisotopic (exact) mass is 334 g/mol. The molecule has 0 bridgehead atoms. The molecule has 1 aromatic rings. The Morgan fingerprint density at radius 1 is 1.25 bits per heavy atom. The molecule has 0 saturated carbocycles. The maximum absolute atomic E-state index is 12.4. The van der Waals surface area contributed by atoms with E-state index in [4.69, 9.17) is 4.74 Å². The second-order valence-corrected chi connectivity index (χ2v) is 6.27. The summed E-state index contributed by atoms with van der Waals surface area (Å²) in [5, 5.41) is 3.00. The van der Waals surface area contributed by atoms with Crippen LogP contribution in [0, 0.1) is 6.92 Å². The lowest BCUT2D eigenvalue weighted by atomic mass is 10.1. The third-order valence-electron chi connectivity index (χ3n) is 4.52. The molecule has 1 aromatic carbocycles. The van der Waals surface area contributed by atoms with E-state index in [1.807, 2.05) is 38.1 Å². The Hall–Kier alpha value is -2.08. The summed E-state index contributed by atoms with van der Waals surface area (Å²) in [5.74, 6) is 0.0511. The van der Waals surface area contributed by atoms with E-state index in [1.165, 1.54) is 10.5 Å². The summed E-state index contributed by atoms with van der Waals surface area (Å²) in [6, 6.07) is 8.03. The first kappa shape index (κ1) is 18.3. The van der Waals surface area contributed by atoms with Crippen LogP contribution in [0.3, 0.4) is 0 Å². The van der Waals surface area contributed by atoms with Crippen molar-refractivity contribution in [1.82, 2.24) is 10.2 Å². The van der Waals surface area contributed by atoms with Crippen LogP contribution in [0.2, 0.25) is 0 Å². The van der Waals surface area contributed by atoms with Gasteiger partial charge in [-0.05, 0) is 26.3 Å². The predicted molar refractivity (Wildman–Crippen MR) is 91.8 cm³/mol. The van der Waals surface area contributed by atoms with Crippen molar-refractivity contribution in [3.05, 3.63) is 35.4 Å². The Balaban J connectivity index is 1.77. The SMILES string of the molecule is CCOC(=O)N1CC[NH+]([C@H](C)C(=O)NCc2ccc(C)cc2)CC1. The van der Waals surface area contributed by atoms with E-state index in [-0.39, 0.29) is 18.0 Å². The molecule has 1 heterocycles. The number of piperazine rings is 1. The Kier molecular flexibility index (Phi) is 6.61. The van der Waals surface area contributed by atoms with Gasteiger partial charge in [0.25, 0.3) is 5.91 Å². The molecule has 0 unspecified atom stereocenters. The fourth-order valence-corrected chi connectivity index (χ4v) is 2.86. The van der Waals surface area contributed by atoms with Crippen LogP contribution in [0.4, 0.5) is 4.79 Å². The Bertz CT molecular complexity index is 551. The molecule has 6 heteroatoms. The maximum atomic E-state index is 12.4. The Labute approximate surface area is 143 Å². The van der Waals surface area contributed by atoms with Crippen molar-refractivity contribution in [1.29, 1.82) is 0 Å². The summed E-state index contributed by atoms with van der Waals surface area (Å²) < 4.78 is 5.02. The first-order valence-corrected chi connectivity index (χ1v) is 8.60. The second kappa shape index (κ2) is 8.68. The first-order chi connectivity index (χ1) is 11.5. The average Bonchev–Trinajstić information content (AvgIpc) is 2.60. The van der Waals surface area contributed by atoms with Crippen LogP contribution in [-0.2, 0) is 16.1 Å². The van der Waals surface area contributed by atoms with Crippen molar-refractivity contribution in [3.63, 3.8) is 0 Å². The number of nitrogens with zero attached hydrogens (tertiary/aromatic N) is 1. The van der Waals surface area contributed by atoms with E-state index in [2.05, 4.69) is 5.32 Å². The molecular weight excluding hydrogens is 306 g/mol. The minimum atomic E-state index is -0.256. The number of ether oxygens (including phenoxy) is 1. The number of rotatable bonds is 5. The van der Waals surface area contributed by atoms with Crippen molar-refractivity contribution in [2.45, 2.75) is 33.4 Å². The van der Waals surface area contributed by atoms with E-state index >= 15 is 0 Å². The van der Waals surface area contributed by atoms with Crippen LogP contribution in [0.1, 0.15) is 25.0 Å². The molecule has 0 aromatic heterocycles. The zero-order chi connectivity index (χ0) is 17.5. The van der Waals surface area contributed by atoms with Gasteiger partial charge >= 0.3 is 6.09 Å². The first-order valence-electron chi connectivity index (χ1n) is 8.60. The molecule has 0 radical (unpaired) electrons. The highest BCUT2D eigenvalue weighted by Gasteiger charge is 2.31. The molecule has 2 rings (SSSR count). The molecule has 1 aliphatic heterocycles. The van der Waals surface area contributed by atoms with Crippen molar-refractivity contribution >= 4 is 12.0 Å². The van der Waals surface area contributed by atoms with Crippen molar-refractivity contribution < 1.29 is 19.2 Å². The lowest BCUT2D eigenvalue weighted by molar-refractivity contribution is -0.918. The number of benzene rings is 1.